The second-order valence-corrected chi connectivity index (χ2v) is 5.54. The highest BCUT2D eigenvalue weighted by molar-refractivity contribution is 5.92. The number of ether oxygens (including phenoxy) is 2. The minimum atomic E-state index is 0.0798. The molecule has 1 aliphatic rings. The Kier molecular flexibility index (Phi) is 5.87. The summed E-state index contributed by atoms with van der Waals surface area (Å²) < 4.78 is 10.5. The summed E-state index contributed by atoms with van der Waals surface area (Å²) >= 11 is 0. The largest absolute Gasteiger partial charge is 0.497 e. The first kappa shape index (κ1) is 16.4. The van der Waals surface area contributed by atoms with Crippen molar-refractivity contribution in [3.63, 3.8) is 0 Å². The standard InChI is InChI=1S/C18H25NO3/c1-4-19(15-7-5-6-8-15)18(20)10-9-14-11-16(21-2)13-17(12-14)22-3/h9-13,15H,4-8H2,1-3H3/b10-9+. The van der Waals surface area contributed by atoms with Crippen LogP contribution in [0, 0.1) is 0 Å². The van der Waals surface area contributed by atoms with Crippen molar-refractivity contribution >= 4 is 12.0 Å². The highest BCUT2D eigenvalue weighted by Crippen LogP contribution is 2.25. The van der Waals surface area contributed by atoms with Gasteiger partial charge in [0.1, 0.15) is 11.5 Å². The number of methoxy groups -OCH3 is 2. The van der Waals surface area contributed by atoms with Crippen LogP contribution < -0.4 is 9.47 Å². The number of rotatable bonds is 6. The third kappa shape index (κ3) is 4.03. The minimum absolute atomic E-state index is 0.0798. The lowest BCUT2D eigenvalue weighted by Gasteiger charge is -2.26. The fourth-order valence-electron chi connectivity index (χ4n) is 3.00. The van der Waals surface area contributed by atoms with Gasteiger partial charge in [-0.25, -0.2) is 0 Å². The molecule has 0 spiro atoms. The van der Waals surface area contributed by atoms with E-state index in [-0.39, 0.29) is 5.91 Å². The van der Waals surface area contributed by atoms with E-state index in [4.69, 9.17) is 9.47 Å². The van der Waals surface area contributed by atoms with Crippen molar-refractivity contribution in [2.45, 2.75) is 38.6 Å². The van der Waals surface area contributed by atoms with E-state index >= 15 is 0 Å². The van der Waals surface area contributed by atoms with Crippen molar-refractivity contribution < 1.29 is 14.3 Å². The van der Waals surface area contributed by atoms with Gasteiger partial charge < -0.3 is 14.4 Å². The normalized spacial score (nSPS) is 15.2. The zero-order valence-corrected chi connectivity index (χ0v) is 13.7. The van der Waals surface area contributed by atoms with Crippen LogP contribution in [0.2, 0.25) is 0 Å². The maximum atomic E-state index is 12.4. The number of likely N-dealkylation sites (N-methyl/N-ethyl adjacent to an activating group) is 1. The smallest absolute Gasteiger partial charge is 0.246 e. The van der Waals surface area contributed by atoms with Gasteiger partial charge in [0.05, 0.1) is 14.2 Å². The third-order valence-corrected chi connectivity index (χ3v) is 4.18. The summed E-state index contributed by atoms with van der Waals surface area (Å²) in [5.41, 5.74) is 0.895. The number of amides is 1. The Morgan fingerprint density at radius 1 is 1.18 bits per heavy atom. The van der Waals surface area contributed by atoms with Crippen LogP contribution in [0.4, 0.5) is 0 Å². The zero-order chi connectivity index (χ0) is 15.9. The maximum Gasteiger partial charge on any atom is 0.246 e. The molecular formula is C18H25NO3. The molecule has 1 aliphatic carbocycles. The Morgan fingerprint density at radius 2 is 1.77 bits per heavy atom. The van der Waals surface area contributed by atoms with Crippen molar-refractivity contribution in [3.05, 3.63) is 29.8 Å². The summed E-state index contributed by atoms with van der Waals surface area (Å²) in [5, 5.41) is 0. The van der Waals surface area contributed by atoms with Crippen LogP contribution in [0.25, 0.3) is 6.08 Å². The first-order valence-electron chi connectivity index (χ1n) is 7.89. The predicted octanol–water partition coefficient (Wildman–Crippen LogP) is 3.51. The van der Waals surface area contributed by atoms with Gasteiger partial charge in [-0.2, -0.15) is 0 Å². The summed E-state index contributed by atoms with van der Waals surface area (Å²) in [6.07, 6.45) is 8.18. The Labute approximate surface area is 132 Å². The van der Waals surface area contributed by atoms with Gasteiger partial charge in [0.25, 0.3) is 0 Å². The molecule has 1 aromatic carbocycles. The molecule has 4 heteroatoms. The number of nitrogens with zero attached hydrogens (tertiary/aromatic N) is 1. The number of hydrogen-bond acceptors (Lipinski definition) is 3. The molecule has 0 unspecified atom stereocenters. The van der Waals surface area contributed by atoms with Gasteiger partial charge in [-0.15, -0.1) is 0 Å². The fraction of sp³-hybridized carbons (Fsp3) is 0.500. The maximum absolute atomic E-state index is 12.4. The third-order valence-electron chi connectivity index (χ3n) is 4.18. The summed E-state index contributed by atoms with van der Waals surface area (Å²) in [6, 6.07) is 5.99. The highest BCUT2D eigenvalue weighted by Gasteiger charge is 2.23. The Balaban J connectivity index is 2.10. The first-order chi connectivity index (χ1) is 10.7. The number of benzene rings is 1. The Bertz CT molecular complexity index is 511. The van der Waals surface area contributed by atoms with E-state index in [0.717, 1.165) is 36.4 Å². The zero-order valence-electron chi connectivity index (χ0n) is 13.7. The van der Waals surface area contributed by atoms with Crippen LogP contribution in [0.3, 0.4) is 0 Å². The Hall–Kier alpha value is -1.97. The molecule has 0 atom stereocenters. The number of carbonyl (C=O) groups excluding carboxylic acids is 1. The van der Waals surface area contributed by atoms with Crippen LogP contribution in [0.15, 0.2) is 24.3 Å². The van der Waals surface area contributed by atoms with Crippen LogP contribution in [0.1, 0.15) is 38.2 Å². The van der Waals surface area contributed by atoms with E-state index in [1.165, 1.54) is 12.8 Å². The van der Waals surface area contributed by atoms with E-state index in [1.807, 2.05) is 36.1 Å². The van der Waals surface area contributed by atoms with E-state index in [1.54, 1.807) is 20.3 Å². The quantitative estimate of drug-likeness (QED) is 0.755. The summed E-state index contributed by atoms with van der Waals surface area (Å²) in [7, 11) is 3.23. The molecule has 0 radical (unpaired) electrons. The molecule has 1 saturated carbocycles. The number of hydrogen-bond donors (Lipinski definition) is 0. The molecule has 4 nitrogen and oxygen atoms in total. The average molecular weight is 303 g/mol. The van der Waals surface area contributed by atoms with Gasteiger partial charge in [0.15, 0.2) is 0 Å². The van der Waals surface area contributed by atoms with E-state index < -0.39 is 0 Å². The van der Waals surface area contributed by atoms with Crippen molar-refractivity contribution in [2.24, 2.45) is 0 Å². The lowest BCUT2D eigenvalue weighted by atomic mass is 10.1. The molecule has 0 saturated heterocycles. The molecule has 0 aliphatic heterocycles. The molecule has 0 N–H and O–H groups in total. The molecule has 2 rings (SSSR count). The van der Waals surface area contributed by atoms with Crippen molar-refractivity contribution in [2.75, 3.05) is 20.8 Å². The fourth-order valence-corrected chi connectivity index (χ4v) is 3.00. The minimum Gasteiger partial charge on any atom is -0.497 e. The van der Waals surface area contributed by atoms with E-state index in [2.05, 4.69) is 0 Å². The summed E-state index contributed by atoms with van der Waals surface area (Å²) in [6.45, 7) is 2.80. The van der Waals surface area contributed by atoms with Crippen molar-refractivity contribution in [1.29, 1.82) is 0 Å². The highest BCUT2D eigenvalue weighted by atomic mass is 16.5. The Morgan fingerprint density at radius 3 is 2.27 bits per heavy atom. The molecule has 1 aromatic rings. The van der Waals surface area contributed by atoms with E-state index in [9.17, 15) is 4.79 Å². The topological polar surface area (TPSA) is 38.8 Å². The molecular weight excluding hydrogens is 278 g/mol. The van der Waals surface area contributed by atoms with Gasteiger partial charge in [0.2, 0.25) is 5.91 Å². The average Bonchev–Trinajstić information content (AvgIpc) is 3.07. The SMILES string of the molecule is CCN(C(=O)/C=C/c1cc(OC)cc(OC)c1)C1CCCC1. The van der Waals surface area contributed by atoms with Crippen molar-refractivity contribution in [1.82, 2.24) is 4.90 Å². The predicted molar refractivity (Wildman–Crippen MR) is 88.2 cm³/mol. The molecule has 0 bridgehead atoms. The first-order valence-corrected chi connectivity index (χ1v) is 7.89. The molecule has 22 heavy (non-hydrogen) atoms. The lowest BCUT2D eigenvalue weighted by molar-refractivity contribution is -0.127. The molecule has 120 valence electrons. The molecule has 0 heterocycles. The van der Waals surface area contributed by atoms with Crippen LogP contribution in [0.5, 0.6) is 11.5 Å². The van der Waals surface area contributed by atoms with Gasteiger partial charge in [0, 0.05) is 24.7 Å². The second kappa shape index (κ2) is 7.87. The van der Waals surface area contributed by atoms with Crippen LogP contribution >= 0.6 is 0 Å². The van der Waals surface area contributed by atoms with Gasteiger partial charge in [-0.05, 0) is 43.5 Å². The summed E-state index contributed by atoms with van der Waals surface area (Å²) in [5.74, 6) is 1.51. The van der Waals surface area contributed by atoms with Gasteiger partial charge in [-0.3, -0.25) is 4.79 Å². The van der Waals surface area contributed by atoms with E-state index in [0.29, 0.717) is 6.04 Å². The monoisotopic (exact) mass is 303 g/mol. The van der Waals surface area contributed by atoms with Gasteiger partial charge >= 0.3 is 0 Å². The second-order valence-electron chi connectivity index (χ2n) is 5.54. The van der Waals surface area contributed by atoms with Crippen LogP contribution in [-0.4, -0.2) is 37.6 Å². The molecule has 1 fully saturated rings. The van der Waals surface area contributed by atoms with Crippen LogP contribution in [-0.2, 0) is 4.79 Å². The van der Waals surface area contributed by atoms with Gasteiger partial charge in [-0.1, -0.05) is 12.8 Å². The lowest BCUT2D eigenvalue weighted by Crippen LogP contribution is -2.37. The number of carbonyl (C=O) groups is 1. The molecule has 0 aromatic heterocycles. The summed E-state index contributed by atoms with van der Waals surface area (Å²) in [4.78, 5) is 14.4. The van der Waals surface area contributed by atoms with Crippen molar-refractivity contribution in [3.8, 4) is 11.5 Å². The molecule has 1 amide bonds.